The number of nitrogens with two attached hydrogens (primary N) is 1. The predicted molar refractivity (Wildman–Crippen MR) is 116 cm³/mol. The maximum atomic E-state index is 6.55. The van der Waals surface area contributed by atoms with Gasteiger partial charge in [-0.05, 0) is 49.2 Å². The summed E-state index contributed by atoms with van der Waals surface area (Å²) in [5.74, 6) is 2.55. The second-order valence-electron chi connectivity index (χ2n) is 7.24. The van der Waals surface area contributed by atoms with Crippen LogP contribution in [0.3, 0.4) is 0 Å². The van der Waals surface area contributed by atoms with E-state index in [1.807, 2.05) is 48.5 Å². The van der Waals surface area contributed by atoms with E-state index in [-0.39, 0.29) is 0 Å². The van der Waals surface area contributed by atoms with Gasteiger partial charge in [-0.1, -0.05) is 12.1 Å². The smallest absolute Gasteiger partial charge is 0.225 e. The van der Waals surface area contributed by atoms with Crippen LogP contribution in [0.4, 0.5) is 11.8 Å². The zero-order valence-electron chi connectivity index (χ0n) is 16.8. The minimum atomic E-state index is 0.418. The van der Waals surface area contributed by atoms with Crippen molar-refractivity contribution in [3.8, 4) is 28.4 Å². The summed E-state index contributed by atoms with van der Waals surface area (Å²) in [6.45, 7) is 0. The number of hydrogen-bond donors (Lipinski definition) is 2. The fourth-order valence-electron chi connectivity index (χ4n) is 3.39. The summed E-state index contributed by atoms with van der Waals surface area (Å²) in [6, 6.07) is 15.7. The van der Waals surface area contributed by atoms with Crippen molar-refractivity contribution in [2.75, 3.05) is 25.3 Å². The van der Waals surface area contributed by atoms with Gasteiger partial charge in [0.2, 0.25) is 5.95 Å². The fraction of sp³-hybridized carbons (Fsp3) is 0.227. The summed E-state index contributed by atoms with van der Waals surface area (Å²) in [7, 11) is 3.28. The largest absolute Gasteiger partial charge is 0.497 e. The van der Waals surface area contributed by atoms with E-state index in [0.717, 1.165) is 41.3 Å². The lowest BCUT2D eigenvalue weighted by molar-refractivity contribution is 0.414. The van der Waals surface area contributed by atoms with Crippen molar-refractivity contribution in [2.45, 2.75) is 18.9 Å². The van der Waals surface area contributed by atoms with Crippen LogP contribution in [0.1, 0.15) is 12.8 Å². The Balaban J connectivity index is 1.70. The van der Waals surface area contributed by atoms with E-state index < -0.39 is 0 Å². The van der Waals surface area contributed by atoms with Gasteiger partial charge in [0.05, 0.1) is 31.0 Å². The quantitative estimate of drug-likeness (QED) is 0.508. The standard InChI is InChI=1S/C22H22N6O2/c1-29-16-10-8-15(9-11-16)28-20(23)18-19(13-4-3-5-17(12-13)30-2)25-22(24-14-6-7-14)26-21(18)27-28/h3-5,8-12,14H,6-7,23H2,1-2H3,(H,24,26,27). The first-order valence-electron chi connectivity index (χ1n) is 9.78. The third kappa shape index (κ3) is 3.26. The minimum absolute atomic E-state index is 0.418. The molecule has 152 valence electrons. The molecule has 3 N–H and O–H groups in total. The number of fused-ring (bicyclic) bond motifs is 1. The van der Waals surface area contributed by atoms with Gasteiger partial charge in [0.1, 0.15) is 17.3 Å². The molecule has 0 aliphatic heterocycles. The first-order valence-corrected chi connectivity index (χ1v) is 9.78. The molecule has 1 saturated carbocycles. The van der Waals surface area contributed by atoms with Crippen LogP contribution in [0.15, 0.2) is 48.5 Å². The van der Waals surface area contributed by atoms with Crippen LogP contribution >= 0.6 is 0 Å². The molecule has 1 aliphatic rings. The molecule has 0 atom stereocenters. The molecule has 30 heavy (non-hydrogen) atoms. The van der Waals surface area contributed by atoms with Gasteiger partial charge in [0.15, 0.2) is 5.65 Å². The highest BCUT2D eigenvalue weighted by molar-refractivity contribution is 5.99. The first-order chi connectivity index (χ1) is 14.7. The van der Waals surface area contributed by atoms with Gasteiger partial charge >= 0.3 is 0 Å². The maximum Gasteiger partial charge on any atom is 0.225 e. The zero-order chi connectivity index (χ0) is 20.7. The van der Waals surface area contributed by atoms with E-state index in [9.17, 15) is 0 Å². The van der Waals surface area contributed by atoms with Crippen LogP contribution in [-0.2, 0) is 0 Å². The molecular weight excluding hydrogens is 380 g/mol. The number of methoxy groups -OCH3 is 2. The molecule has 0 radical (unpaired) electrons. The Hall–Kier alpha value is -3.81. The van der Waals surface area contributed by atoms with Gasteiger partial charge in [-0.15, -0.1) is 5.10 Å². The van der Waals surface area contributed by atoms with Gasteiger partial charge in [0, 0.05) is 11.6 Å². The molecule has 4 aromatic rings. The molecule has 0 bridgehead atoms. The predicted octanol–water partition coefficient (Wildman–Crippen LogP) is 3.66. The van der Waals surface area contributed by atoms with E-state index >= 15 is 0 Å². The molecule has 2 heterocycles. The van der Waals surface area contributed by atoms with E-state index in [1.54, 1.807) is 18.9 Å². The SMILES string of the molecule is COc1ccc(-n2nc3nc(NC4CC4)nc(-c4cccc(OC)c4)c3c2N)cc1. The summed E-state index contributed by atoms with van der Waals surface area (Å²) in [6.07, 6.45) is 2.25. The van der Waals surface area contributed by atoms with Crippen LogP contribution < -0.4 is 20.5 Å². The summed E-state index contributed by atoms with van der Waals surface area (Å²) >= 11 is 0. The van der Waals surface area contributed by atoms with Crippen molar-refractivity contribution in [2.24, 2.45) is 0 Å². The highest BCUT2D eigenvalue weighted by Gasteiger charge is 2.24. The molecule has 2 aromatic carbocycles. The number of benzene rings is 2. The Morgan fingerprint density at radius 2 is 1.77 bits per heavy atom. The number of nitrogen functional groups attached to an aromatic ring is 1. The summed E-state index contributed by atoms with van der Waals surface area (Å²) in [5.41, 5.74) is 9.52. The second-order valence-corrected chi connectivity index (χ2v) is 7.24. The lowest BCUT2D eigenvalue weighted by Gasteiger charge is -2.09. The molecule has 5 rings (SSSR count). The molecule has 8 heteroatoms. The number of nitrogens with zero attached hydrogens (tertiary/aromatic N) is 4. The van der Waals surface area contributed by atoms with E-state index in [4.69, 9.17) is 20.2 Å². The van der Waals surface area contributed by atoms with Crippen molar-refractivity contribution in [3.05, 3.63) is 48.5 Å². The number of rotatable bonds is 6. The van der Waals surface area contributed by atoms with Gasteiger partial charge in [-0.2, -0.15) is 4.98 Å². The Labute approximate surface area is 173 Å². The van der Waals surface area contributed by atoms with Crippen molar-refractivity contribution in [1.82, 2.24) is 19.7 Å². The molecular formula is C22H22N6O2. The average molecular weight is 402 g/mol. The number of hydrogen-bond acceptors (Lipinski definition) is 7. The third-order valence-corrected chi connectivity index (χ3v) is 5.14. The van der Waals surface area contributed by atoms with Crippen LogP contribution in [0.25, 0.3) is 28.0 Å². The molecule has 0 amide bonds. The van der Waals surface area contributed by atoms with Crippen LogP contribution in [-0.4, -0.2) is 40.0 Å². The molecule has 0 spiro atoms. The average Bonchev–Trinajstić information content (AvgIpc) is 3.54. The maximum absolute atomic E-state index is 6.55. The van der Waals surface area contributed by atoms with E-state index in [2.05, 4.69) is 15.4 Å². The molecule has 1 fully saturated rings. The van der Waals surface area contributed by atoms with Crippen LogP contribution in [0.5, 0.6) is 11.5 Å². The number of ether oxygens (including phenoxy) is 2. The minimum Gasteiger partial charge on any atom is -0.497 e. The number of aromatic nitrogens is 4. The Bertz CT molecular complexity index is 1210. The van der Waals surface area contributed by atoms with Crippen LogP contribution in [0.2, 0.25) is 0 Å². The normalized spacial score (nSPS) is 13.4. The highest BCUT2D eigenvalue weighted by Crippen LogP contribution is 2.35. The summed E-state index contributed by atoms with van der Waals surface area (Å²) < 4.78 is 12.3. The number of anilines is 2. The molecule has 1 aliphatic carbocycles. The summed E-state index contributed by atoms with van der Waals surface area (Å²) in [4.78, 5) is 9.43. The van der Waals surface area contributed by atoms with E-state index in [0.29, 0.717) is 28.8 Å². The monoisotopic (exact) mass is 402 g/mol. The lowest BCUT2D eigenvalue weighted by Crippen LogP contribution is -2.06. The van der Waals surface area contributed by atoms with Crippen molar-refractivity contribution in [3.63, 3.8) is 0 Å². The van der Waals surface area contributed by atoms with Gasteiger partial charge in [-0.3, -0.25) is 0 Å². The van der Waals surface area contributed by atoms with Crippen molar-refractivity contribution >= 4 is 22.8 Å². The molecule has 0 unspecified atom stereocenters. The highest BCUT2D eigenvalue weighted by atomic mass is 16.5. The Kier molecular flexibility index (Phi) is 4.39. The lowest BCUT2D eigenvalue weighted by atomic mass is 10.1. The molecule has 2 aromatic heterocycles. The fourth-order valence-corrected chi connectivity index (χ4v) is 3.39. The molecule has 0 saturated heterocycles. The third-order valence-electron chi connectivity index (χ3n) is 5.14. The van der Waals surface area contributed by atoms with Gasteiger partial charge < -0.3 is 20.5 Å². The van der Waals surface area contributed by atoms with Gasteiger partial charge in [0.25, 0.3) is 0 Å². The van der Waals surface area contributed by atoms with Crippen molar-refractivity contribution in [1.29, 1.82) is 0 Å². The van der Waals surface area contributed by atoms with E-state index in [1.165, 1.54) is 0 Å². The molecule has 8 nitrogen and oxygen atoms in total. The second kappa shape index (κ2) is 7.22. The van der Waals surface area contributed by atoms with Gasteiger partial charge in [-0.25, -0.2) is 9.67 Å². The Morgan fingerprint density at radius 1 is 1.00 bits per heavy atom. The van der Waals surface area contributed by atoms with Crippen LogP contribution in [0, 0.1) is 0 Å². The summed E-state index contributed by atoms with van der Waals surface area (Å²) in [5, 5.41) is 8.76. The Morgan fingerprint density at radius 3 is 2.47 bits per heavy atom. The van der Waals surface area contributed by atoms with Crippen molar-refractivity contribution < 1.29 is 9.47 Å². The number of nitrogens with one attached hydrogen (secondary N) is 1. The topological polar surface area (TPSA) is 100 Å². The zero-order valence-corrected chi connectivity index (χ0v) is 16.8. The first kappa shape index (κ1) is 18.2.